The van der Waals surface area contributed by atoms with Gasteiger partial charge in [0.2, 0.25) is 0 Å². The van der Waals surface area contributed by atoms with Crippen LogP contribution >= 0.6 is 23.5 Å². The summed E-state index contributed by atoms with van der Waals surface area (Å²) in [7, 11) is 0. The van der Waals surface area contributed by atoms with E-state index < -0.39 is 0 Å². The summed E-state index contributed by atoms with van der Waals surface area (Å²) in [5, 5.41) is 0. The predicted octanol–water partition coefficient (Wildman–Crippen LogP) is 12.4. The molecule has 0 aliphatic carbocycles. The van der Waals surface area contributed by atoms with Gasteiger partial charge in [0.25, 0.3) is 0 Å². The molecule has 0 fully saturated rings. The lowest BCUT2D eigenvalue weighted by molar-refractivity contribution is 0.236. The van der Waals surface area contributed by atoms with E-state index in [0.29, 0.717) is 21.7 Å². The SMILES string of the molecule is CC(CC(C)(C)C)CC(C)(C)CSCc1cc(CSCC(C)(C)CC(C)CC(C)(C)C)cc(C(C)(C)C)c1. The molecule has 0 N–H and O–H groups in total. The molecule has 0 amide bonds. The minimum atomic E-state index is 0.184. The van der Waals surface area contributed by atoms with Crippen LogP contribution in [0.2, 0.25) is 0 Å². The van der Waals surface area contributed by atoms with Crippen LogP contribution in [-0.4, -0.2) is 11.5 Å². The molecule has 1 aromatic rings. The summed E-state index contributed by atoms with van der Waals surface area (Å²) < 4.78 is 0. The second-order valence-electron chi connectivity index (χ2n) is 17.8. The Labute approximate surface area is 249 Å². The van der Waals surface area contributed by atoms with Crippen molar-refractivity contribution in [1.29, 1.82) is 0 Å². The first kappa shape index (κ1) is 35.9. The van der Waals surface area contributed by atoms with Crippen LogP contribution in [0.3, 0.4) is 0 Å². The van der Waals surface area contributed by atoms with Gasteiger partial charge in [-0.3, -0.25) is 0 Å². The van der Waals surface area contributed by atoms with Crippen molar-refractivity contribution in [3.05, 3.63) is 34.9 Å². The molecule has 2 atom stereocenters. The molecular weight excluding hydrogens is 497 g/mol. The van der Waals surface area contributed by atoms with Crippen molar-refractivity contribution >= 4 is 23.5 Å². The first-order chi connectivity index (χ1) is 17.0. The van der Waals surface area contributed by atoms with E-state index in [2.05, 4.69) is 146 Å². The van der Waals surface area contributed by atoms with Crippen LogP contribution in [0.25, 0.3) is 0 Å². The lowest BCUT2D eigenvalue weighted by Gasteiger charge is -2.31. The molecule has 0 saturated heterocycles. The van der Waals surface area contributed by atoms with Gasteiger partial charge in [0.1, 0.15) is 0 Å². The van der Waals surface area contributed by atoms with Gasteiger partial charge in [0.15, 0.2) is 0 Å². The molecular formula is C36H66S2. The van der Waals surface area contributed by atoms with Crippen molar-refractivity contribution in [3.8, 4) is 0 Å². The number of hydrogen-bond donors (Lipinski definition) is 0. The van der Waals surface area contributed by atoms with Crippen LogP contribution in [0.4, 0.5) is 0 Å². The predicted molar refractivity (Wildman–Crippen MR) is 181 cm³/mol. The van der Waals surface area contributed by atoms with Crippen molar-refractivity contribution in [2.24, 2.45) is 33.5 Å². The highest BCUT2D eigenvalue weighted by atomic mass is 32.2. The van der Waals surface area contributed by atoms with Crippen molar-refractivity contribution in [3.63, 3.8) is 0 Å². The Morgan fingerprint density at radius 2 is 0.868 bits per heavy atom. The molecule has 1 aromatic carbocycles. The molecule has 1 rings (SSSR count). The molecule has 222 valence electrons. The monoisotopic (exact) mass is 562 g/mol. The normalized spacial score (nSPS) is 15.6. The maximum atomic E-state index is 2.50. The van der Waals surface area contributed by atoms with Crippen LogP contribution in [0, 0.1) is 33.5 Å². The van der Waals surface area contributed by atoms with Gasteiger partial charge < -0.3 is 0 Å². The van der Waals surface area contributed by atoms with Crippen molar-refractivity contribution in [2.45, 2.75) is 146 Å². The zero-order chi connectivity index (χ0) is 29.6. The Balaban J connectivity index is 2.79. The fourth-order valence-corrected chi connectivity index (χ4v) is 8.84. The molecule has 0 aromatic heterocycles. The topological polar surface area (TPSA) is 0 Å². The fraction of sp³-hybridized carbons (Fsp3) is 0.833. The highest BCUT2D eigenvalue weighted by Crippen LogP contribution is 2.38. The minimum absolute atomic E-state index is 0.184. The van der Waals surface area contributed by atoms with Gasteiger partial charge in [-0.1, -0.05) is 122 Å². The van der Waals surface area contributed by atoms with Crippen molar-refractivity contribution < 1.29 is 0 Å². The van der Waals surface area contributed by atoms with Gasteiger partial charge in [-0.25, -0.2) is 0 Å². The highest BCUT2D eigenvalue weighted by Gasteiger charge is 2.26. The van der Waals surface area contributed by atoms with Crippen LogP contribution in [0.5, 0.6) is 0 Å². The summed E-state index contributed by atoms with van der Waals surface area (Å²) in [6.07, 6.45) is 5.24. The van der Waals surface area contributed by atoms with E-state index in [0.717, 1.165) is 23.3 Å². The second kappa shape index (κ2) is 14.2. The maximum Gasteiger partial charge on any atom is 0.0184 e. The van der Waals surface area contributed by atoms with Crippen LogP contribution in [-0.2, 0) is 16.9 Å². The maximum absolute atomic E-state index is 2.50. The van der Waals surface area contributed by atoms with E-state index >= 15 is 0 Å². The third kappa shape index (κ3) is 16.2. The third-order valence-corrected chi connectivity index (χ3v) is 10.2. The molecule has 38 heavy (non-hydrogen) atoms. The summed E-state index contributed by atoms with van der Waals surface area (Å²) in [4.78, 5) is 0. The largest absolute Gasteiger partial charge is 0.157 e. The molecule has 0 spiro atoms. The van der Waals surface area contributed by atoms with Gasteiger partial charge in [-0.2, -0.15) is 23.5 Å². The number of benzene rings is 1. The van der Waals surface area contributed by atoms with E-state index in [9.17, 15) is 0 Å². The standard InChI is InChI=1S/C36H66S2/c1-27(19-32(3,4)5)21-35(12,13)25-37-23-29-16-30(18-31(17-29)34(9,10)11)24-38-26-36(14,15)22-28(2)20-33(6,7)8/h16-18,27-28H,19-26H2,1-15H3. The Hall–Kier alpha value is -0.0800. The Bertz CT molecular complexity index is 766. The average Bonchev–Trinajstić information content (AvgIpc) is 2.62. The zero-order valence-corrected chi connectivity index (χ0v) is 30.0. The number of rotatable bonds is 14. The van der Waals surface area contributed by atoms with Gasteiger partial charge >= 0.3 is 0 Å². The van der Waals surface area contributed by atoms with Gasteiger partial charge in [0, 0.05) is 11.5 Å². The lowest BCUT2D eigenvalue weighted by atomic mass is 9.77. The van der Waals surface area contributed by atoms with Crippen LogP contribution in [0.1, 0.15) is 146 Å². The summed E-state index contributed by atoms with van der Waals surface area (Å²) in [6.45, 7) is 36.1. The van der Waals surface area contributed by atoms with E-state index in [4.69, 9.17) is 0 Å². The quantitative estimate of drug-likeness (QED) is 0.221. The van der Waals surface area contributed by atoms with Crippen molar-refractivity contribution in [2.75, 3.05) is 11.5 Å². The first-order valence-electron chi connectivity index (χ1n) is 15.3. The summed E-state index contributed by atoms with van der Waals surface area (Å²) >= 11 is 4.27. The average molecular weight is 563 g/mol. The zero-order valence-electron chi connectivity index (χ0n) is 28.4. The Kier molecular flexibility index (Phi) is 13.4. The summed E-state index contributed by atoms with van der Waals surface area (Å²) in [6, 6.07) is 7.46. The molecule has 0 aliphatic heterocycles. The summed E-state index contributed by atoms with van der Waals surface area (Å²) in [5.74, 6) is 6.25. The number of hydrogen-bond acceptors (Lipinski definition) is 2. The van der Waals surface area contributed by atoms with Crippen LogP contribution in [0.15, 0.2) is 18.2 Å². The van der Waals surface area contributed by atoms with Gasteiger partial charge in [-0.15, -0.1) is 0 Å². The molecule has 0 saturated carbocycles. The Morgan fingerprint density at radius 3 is 1.16 bits per heavy atom. The van der Waals surface area contributed by atoms with Crippen molar-refractivity contribution in [1.82, 2.24) is 0 Å². The molecule has 0 heterocycles. The second-order valence-corrected chi connectivity index (χ2v) is 19.7. The Morgan fingerprint density at radius 1 is 0.526 bits per heavy atom. The molecule has 2 heteroatoms. The third-order valence-electron chi connectivity index (χ3n) is 7.17. The molecule has 0 aliphatic rings. The summed E-state index contributed by atoms with van der Waals surface area (Å²) in [5.41, 5.74) is 6.29. The van der Waals surface area contributed by atoms with E-state index in [1.807, 2.05) is 0 Å². The first-order valence-corrected chi connectivity index (χ1v) is 17.6. The highest BCUT2D eigenvalue weighted by molar-refractivity contribution is 7.98. The minimum Gasteiger partial charge on any atom is -0.157 e. The van der Waals surface area contributed by atoms with E-state index in [-0.39, 0.29) is 5.41 Å². The van der Waals surface area contributed by atoms with Crippen LogP contribution < -0.4 is 0 Å². The van der Waals surface area contributed by atoms with Gasteiger partial charge in [0.05, 0.1) is 0 Å². The molecule has 0 radical (unpaired) electrons. The van der Waals surface area contributed by atoms with Gasteiger partial charge in [-0.05, 0) is 92.8 Å². The smallest absolute Gasteiger partial charge is 0.0184 e. The molecule has 0 nitrogen and oxygen atoms in total. The fourth-order valence-electron chi connectivity index (χ4n) is 6.49. The van der Waals surface area contributed by atoms with E-state index in [1.165, 1.54) is 53.9 Å². The molecule has 0 bridgehead atoms. The lowest BCUT2D eigenvalue weighted by Crippen LogP contribution is -2.21. The number of thioether (sulfide) groups is 2. The molecule has 2 unspecified atom stereocenters. The van der Waals surface area contributed by atoms with E-state index in [1.54, 1.807) is 0 Å².